The van der Waals surface area contributed by atoms with Gasteiger partial charge in [-0.1, -0.05) is 0 Å². The van der Waals surface area contributed by atoms with Gasteiger partial charge in [0.2, 0.25) is 0 Å². The predicted molar refractivity (Wildman–Crippen MR) is 80.4 cm³/mol. The fraction of sp³-hybridized carbons (Fsp3) is 0.667. The van der Waals surface area contributed by atoms with Gasteiger partial charge in [0.05, 0.1) is 19.0 Å². The number of anilines is 1. The third kappa shape index (κ3) is 2.92. The van der Waals surface area contributed by atoms with E-state index in [-0.39, 0.29) is 11.7 Å². The van der Waals surface area contributed by atoms with E-state index in [1.165, 1.54) is 25.7 Å². The molecule has 1 aromatic rings. The molecule has 2 unspecified atom stereocenters. The molecule has 2 atom stereocenters. The van der Waals surface area contributed by atoms with Crippen LogP contribution in [0.3, 0.4) is 0 Å². The maximum atomic E-state index is 11.5. The molecule has 2 N–H and O–H groups in total. The van der Waals surface area contributed by atoms with E-state index in [0.717, 1.165) is 13.2 Å². The minimum atomic E-state index is -0.109. The molecule has 0 radical (unpaired) electrons. The van der Waals surface area contributed by atoms with Gasteiger partial charge in [0.25, 0.3) is 5.56 Å². The van der Waals surface area contributed by atoms with Crippen molar-refractivity contribution in [1.82, 2.24) is 14.9 Å². The molecule has 0 bridgehead atoms. The molecule has 7 heteroatoms. The lowest BCUT2D eigenvalue weighted by Crippen LogP contribution is -2.48. The van der Waals surface area contributed by atoms with Crippen molar-refractivity contribution >= 4 is 28.4 Å². The van der Waals surface area contributed by atoms with Gasteiger partial charge in [0.15, 0.2) is 0 Å². The van der Waals surface area contributed by atoms with Crippen molar-refractivity contribution < 1.29 is 4.74 Å². The summed E-state index contributed by atoms with van der Waals surface area (Å²) in [6.45, 7) is 3.67. The lowest BCUT2D eigenvalue weighted by Gasteiger charge is -2.35. The summed E-state index contributed by atoms with van der Waals surface area (Å²) in [5.74, 6) is 0.636. The molecule has 104 valence electrons. The van der Waals surface area contributed by atoms with Gasteiger partial charge in [0.1, 0.15) is 9.39 Å². The van der Waals surface area contributed by atoms with Crippen LogP contribution in [0.25, 0.3) is 0 Å². The molecule has 2 aliphatic heterocycles. The first-order valence-electron chi connectivity index (χ1n) is 6.57. The van der Waals surface area contributed by atoms with Crippen molar-refractivity contribution in [3.8, 4) is 0 Å². The number of fused-ring (bicyclic) bond motifs is 1. The summed E-state index contributed by atoms with van der Waals surface area (Å²) in [4.78, 5) is 20.7. The van der Waals surface area contributed by atoms with Crippen LogP contribution in [0.4, 0.5) is 5.82 Å². The number of aromatic amines is 1. The number of rotatable bonds is 3. The molecular weight excluding hydrogens is 359 g/mol. The minimum absolute atomic E-state index is 0.109. The van der Waals surface area contributed by atoms with Crippen molar-refractivity contribution in [3.05, 3.63) is 20.3 Å². The smallest absolute Gasteiger partial charge is 0.266 e. The van der Waals surface area contributed by atoms with Crippen molar-refractivity contribution in [3.63, 3.8) is 0 Å². The Morgan fingerprint density at radius 1 is 1.63 bits per heavy atom. The van der Waals surface area contributed by atoms with Crippen LogP contribution in [-0.2, 0) is 4.74 Å². The monoisotopic (exact) mass is 376 g/mol. The van der Waals surface area contributed by atoms with Crippen LogP contribution < -0.4 is 10.9 Å². The number of aromatic nitrogens is 2. The summed E-state index contributed by atoms with van der Waals surface area (Å²) >= 11 is 2.00. The number of nitrogens with zero attached hydrogens (tertiary/aromatic N) is 2. The summed E-state index contributed by atoms with van der Waals surface area (Å²) < 4.78 is 6.46. The van der Waals surface area contributed by atoms with Crippen LogP contribution in [0.5, 0.6) is 0 Å². The molecule has 6 nitrogen and oxygen atoms in total. The molecule has 2 aliphatic rings. The molecular formula is C12H17IN4O2. The van der Waals surface area contributed by atoms with E-state index in [2.05, 4.69) is 20.2 Å². The van der Waals surface area contributed by atoms with Gasteiger partial charge in [-0.3, -0.25) is 9.69 Å². The third-order valence-electron chi connectivity index (χ3n) is 3.76. The Balaban J connectivity index is 1.57. The number of halogens is 1. The van der Waals surface area contributed by atoms with Crippen LogP contribution in [-0.4, -0.2) is 53.3 Å². The number of hydrogen-bond acceptors (Lipinski definition) is 5. The quantitative estimate of drug-likeness (QED) is 0.759. The Kier molecular flexibility index (Phi) is 4.04. The first kappa shape index (κ1) is 13.3. The molecule has 0 aliphatic carbocycles. The summed E-state index contributed by atoms with van der Waals surface area (Å²) in [6, 6.07) is 0.620. The van der Waals surface area contributed by atoms with Crippen LogP contribution in [0.15, 0.2) is 11.1 Å². The highest BCUT2D eigenvalue weighted by atomic mass is 127. The highest BCUT2D eigenvalue weighted by Crippen LogP contribution is 2.22. The standard InChI is InChI=1S/C12H17IN4O2/c13-10-11(15-7-16-12(10)18)14-4-9-5-17-3-1-2-8(17)6-19-9/h7-9H,1-6H2,(H2,14,15,16,18). The first-order valence-corrected chi connectivity index (χ1v) is 7.64. The van der Waals surface area contributed by atoms with Gasteiger partial charge in [0, 0.05) is 19.1 Å². The molecule has 0 spiro atoms. The topological polar surface area (TPSA) is 70.2 Å². The summed E-state index contributed by atoms with van der Waals surface area (Å²) in [5.41, 5.74) is -0.109. The van der Waals surface area contributed by atoms with Gasteiger partial charge >= 0.3 is 0 Å². The SMILES string of the molecule is O=c1[nH]cnc(NCC2CN3CCCC3CO2)c1I. The van der Waals surface area contributed by atoms with E-state index in [4.69, 9.17) is 4.74 Å². The zero-order valence-corrected chi connectivity index (χ0v) is 12.7. The molecule has 2 saturated heterocycles. The van der Waals surface area contributed by atoms with E-state index < -0.39 is 0 Å². The summed E-state index contributed by atoms with van der Waals surface area (Å²) in [7, 11) is 0. The number of morpholine rings is 1. The molecule has 3 rings (SSSR count). The molecule has 19 heavy (non-hydrogen) atoms. The second-order valence-electron chi connectivity index (χ2n) is 5.02. The van der Waals surface area contributed by atoms with Crippen LogP contribution in [0.1, 0.15) is 12.8 Å². The predicted octanol–water partition coefficient (Wildman–Crippen LogP) is 0.650. The summed E-state index contributed by atoms with van der Waals surface area (Å²) in [5, 5.41) is 3.21. The highest BCUT2D eigenvalue weighted by molar-refractivity contribution is 14.1. The molecule has 2 fully saturated rings. The first-order chi connectivity index (χ1) is 9.24. The second-order valence-corrected chi connectivity index (χ2v) is 6.10. The highest BCUT2D eigenvalue weighted by Gasteiger charge is 2.32. The Morgan fingerprint density at radius 2 is 2.53 bits per heavy atom. The number of ether oxygens (including phenoxy) is 1. The maximum Gasteiger partial charge on any atom is 0.266 e. The molecule has 3 heterocycles. The van der Waals surface area contributed by atoms with Crippen LogP contribution in [0, 0.1) is 3.57 Å². The van der Waals surface area contributed by atoms with Gasteiger partial charge < -0.3 is 15.0 Å². The van der Waals surface area contributed by atoms with Gasteiger partial charge in [-0.25, -0.2) is 4.98 Å². The van der Waals surface area contributed by atoms with E-state index in [1.54, 1.807) is 0 Å². The Morgan fingerprint density at radius 3 is 3.42 bits per heavy atom. The maximum absolute atomic E-state index is 11.5. The van der Waals surface area contributed by atoms with Crippen molar-refractivity contribution in [2.24, 2.45) is 0 Å². The molecule has 0 amide bonds. The number of H-pyrrole nitrogens is 1. The van der Waals surface area contributed by atoms with Gasteiger partial charge in [-0.05, 0) is 42.0 Å². The molecule has 1 aromatic heterocycles. The lowest BCUT2D eigenvalue weighted by molar-refractivity contribution is -0.0416. The number of hydrogen-bond donors (Lipinski definition) is 2. The second kappa shape index (κ2) is 5.76. The largest absolute Gasteiger partial charge is 0.373 e. The molecule has 0 aromatic carbocycles. The lowest BCUT2D eigenvalue weighted by atomic mass is 10.2. The van der Waals surface area contributed by atoms with Crippen molar-refractivity contribution in [2.75, 3.05) is 31.6 Å². The fourth-order valence-corrected chi connectivity index (χ4v) is 3.21. The van der Waals surface area contributed by atoms with E-state index in [1.807, 2.05) is 22.6 Å². The number of nitrogens with one attached hydrogen (secondary N) is 2. The fourth-order valence-electron chi connectivity index (χ4n) is 2.73. The molecule has 0 saturated carbocycles. The van der Waals surface area contributed by atoms with Crippen LogP contribution in [0.2, 0.25) is 0 Å². The summed E-state index contributed by atoms with van der Waals surface area (Å²) in [6.07, 6.45) is 4.13. The van der Waals surface area contributed by atoms with Crippen molar-refractivity contribution in [2.45, 2.75) is 25.0 Å². The van der Waals surface area contributed by atoms with E-state index in [0.29, 0.717) is 22.0 Å². The zero-order valence-electron chi connectivity index (χ0n) is 10.6. The average Bonchev–Trinajstić information content (AvgIpc) is 2.88. The van der Waals surface area contributed by atoms with E-state index in [9.17, 15) is 4.79 Å². The minimum Gasteiger partial charge on any atom is -0.373 e. The average molecular weight is 376 g/mol. The normalized spacial score (nSPS) is 27.2. The third-order valence-corrected chi connectivity index (χ3v) is 4.76. The zero-order chi connectivity index (χ0) is 13.2. The van der Waals surface area contributed by atoms with E-state index >= 15 is 0 Å². The van der Waals surface area contributed by atoms with Crippen molar-refractivity contribution in [1.29, 1.82) is 0 Å². The Hall–Kier alpha value is -0.670. The van der Waals surface area contributed by atoms with Crippen LogP contribution >= 0.6 is 22.6 Å². The van der Waals surface area contributed by atoms with Gasteiger partial charge in [-0.15, -0.1) is 0 Å². The Labute approximate surface area is 125 Å². The Bertz CT molecular complexity index is 507. The van der Waals surface area contributed by atoms with Gasteiger partial charge in [-0.2, -0.15) is 0 Å².